The van der Waals surface area contributed by atoms with E-state index in [1.165, 1.54) is 24.2 Å². The van der Waals surface area contributed by atoms with Crippen molar-refractivity contribution in [3.63, 3.8) is 0 Å². The van der Waals surface area contributed by atoms with Crippen LogP contribution in [0.25, 0.3) is 5.69 Å². The lowest BCUT2D eigenvalue weighted by Crippen LogP contribution is -2.02. The highest BCUT2D eigenvalue weighted by atomic mass is 79.9. The normalized spacial score (nSPS) is 10.3. The van der Waals surface area contributed by atoms with Crippen LogP contribution < -0.4 is 4.74 Å². The van der Waals surface area contributed by atoms with E-state index in [1.54, 1.807) is 12.1 Å². The van der Waals surface area contributed by atoms with Crippen molar-refractivity contribution < 1.29 is 13.9 Å². The number of benzene rings is 1. The van der Waals surface area contributed by atoms with Crippen LogP contribution in [0.4, 0.5) is 4.39 Å². The summed E-state index contributed by atoms with van der Waals surface area (Å²) in [6.07, 6.45) is 3.43. The molecule has 1 heterocycles. The van der Waals surface area contributed by atoms with Crippen LogP contribution in [0.1, 0.15) is 10.4 Å². The Labute approximate surface area is 105 Å². The Morgan fingerprint density at radius 1 is 1.53 bits per heavy atom. The van der Waals surface area contributed by atoms with Gasteiger partial charge in [0.2, 0.25) is 0 Å². The molecule has 4 nitrogen and oxygen atoms in total. The molecule has 0 bridgehead atoms. The third kappa shape index (κ3) is 2.08. The second-order valence-corrected chi connectivity index (χ2v) is 4.10. The molecule has 0 aliphatic heterocycles. The predicted octanol–water partition coefficient (Wildman–Crippen LogP) is 2.60. The van der Waals surface area contributed by atoms with Crippen LogP contribution in [0.15, 0.2) is 29.0 Å². The number of nitrogens with zero attached hydrogens (tertiary/aromatic N) is 2. The largest absolute Gasteiger partial charge is 0.494 e. The molecule has 0 fully saturated rings. The number of hydrogen-bond donors (Lipinski definition) is 0. The molecule has 1 aromatic carbocycles. The van der Waals surface area contributed by atoms with E-state index in [0.717, 1.165) is 0 Å². The Morgan fingerprint density at radius 2 is 2.29 bits per heavy atom. The van der Waals surface area contributed by atoms with E-state index >= 15 is 0 Å². The molecule has 0 N–H and O–H groups in total. The van der Waals surface area contributed by atoms with Gasteiger partial charge in [-0.2, -0.15) is 5.10 Å². The SMILES string of the molecule is COc1ccc(Br)c(F)c1-n1cc(C=O)cn1. The van der Waals surface area contributed by atoms with Crippen LogP contribution >= 0.6 is 15.9 Å². The number of hydrogen-bond acceptors (Lipinski definition) is 3. The van der Waals surface area contributed by atoms with E-state index < -0.39 is 5.82 Å². The summed E-state index contributed by atoms with van der Waals surface area (Å²) in [5.41, 5.74) is 0.529. The fraction of sp³-hybridized carbons (Fsp3) is 0.0909. The topological polar surface area (TPSA) is 44.1 Å². The Hall–Kier alpha value is -1.69. The first-order chi connectivity index (χ1) is 8.17. The lowest BCUT2D eigenvalue weighted by atomic mass is 10.3. The zero-order chi connectivity index (χ0) is 12.4. The molecule has 0 saturated carbocycles. The van der Waals surface area contributed by atoms with Gasteiger partial charge in [-0.05, 0) is 28.1 Å². The highest BCUT2D eigenvalue weighted by Gasteiger charge is 2.15. The van der Waals surface area contributed by atoms with Crippen molar-refractivity contribution in [1.82, 2.24) is 9.78 Å². The smallest absolute Gasteiger partial charge is 0.166 e. The van der Waals surface area contributed by atoms with Crippen molar-refractivity contribution in [3.8, 4) is 11.4 Å². The van der Waals surface area contributed by atoms with Gasteiger partial charge < -0.3 is 4.74 Å². The average molecular weight is 299 g/mol. The molecule has 88 valence electrons. The Bertz CT molecular complexity index is 569. The number of rotatable bonds is 3. The maximum atomic E-state index is 14.0. The van der Waals surface area contributed by atoms with Crippen LogP contribution in [0.2, 0.25) is 0 Å². The summed E-state index contributed by atoms with van der Waals surface area (Å²) in [5, 5.41) is 3.91. The van der Waals surface area contributed by atoms with Crippen LogP contribution in [-0.2, 0) is 0 Å². The maximum Gasteiger partial charge on any atom is 0.166 e. The van der Waals surface area contributed by atoms with Gasteiger partial charge in [-0.3, -0.25) is 4.79 Å². The molecule has 17 heavy (non-hydrogen) atoms. The molecular weight excluding hydrogens is 291 g/mol. The lowest BCUT2D eigenvalue weighted by Gasteiger charge is -2.10. The number of methoxy groups -OCH3 is 1. The molecule has 0 amide bonds. The van der Waals surface area contributed by atoms with E-state index in [4.69, 9.17) is 4.74 Å². The maximum absolute atomic E-state index is 14.0. The fourth-order valence-electron chi connectivity index (χ4n) is 1.42. The number of ether oxygens (including phenoxy) is 1. The van der Waals surface area contributed by atoms with Gasteiger partial charge in [0.25, 0.3) is 0 Å². The van der Waals surface area contributed by atoms with Gasteiger partial charge in [0, 0.05) is 6.20 Å². The minimum atomic E-state index is -0.495. The van der Waals surface area contributed by atoms with E-state index in [-0.39, 0.29) is 5.69 Å². The first-order valence-electron chi connectivity index (χ1n) is 4.69. The average Bonchev–Trinajstić information content (AvgIpc) is 2.80. The molecule has 6 heteroatoms. The Balaban J connectivity index is 2.64. The summed E-state index contributed by atoms with van der Waals surface area (Å²) in [4.78, 5) is 10.6. The number of aromatic nitrogens is 2. The van der Waals surface area contributed by atoms with Gasteiger partial charge in [-0.15, -0.1) is 0 Å². The van der Waals surface area contributed by atoms with E-state index in [2.05, 4.69) is 21.0 Å². The summed E-state index contributed by atoms with van der Waals surface area (Å²) in [7, 11) is 1.44. The minimum absolute atomic E-state index is 0.162. The van der Waals surface area contributed by atoms with E-state index in [0.29, 0.717) is 22.1 Å². The molecule has 0 aliphatic rings. The molecule has 0 unspecified atom stereocenters. The zero-order valence-electron chi connectivity index (χ0n) is 8.85. The number of carbonyl (C=O) groups excluding carboxylic acids is 1. The summed E-state index contributed by atoms with van der Waals surface area (Å²) in [6, 6.07) is 3.16. The summed E-state index contributed by atoms with van der Waals surface area (Å²) < 4.78 is 20.6. The zero-order valence-corrected chi connectivity index (χ0v) is 10.4. The fourth-order valence-corrected chi connectivity index (χ4v) is 1.74. The second kappa shape index (κ2) is 4.67. The van der Waals surface area contributed by atoms with Crippen molar-refractivity contribution in [2.75, 3.05) is 7.11 Å². The summed E-state index contributed by atoms with van der Waals surface area (Å²) >= 11 is 3.09. The minimum Gasteiger partial charge on any atom is -0.494 e. The highest BCUT2D eigenvalue weighted by molar-refractivity contribution is 9.10. The predicted molar refractivity (Wildman–Crippen MR) is 63.2 cm³/mol. The summed E-state index contributed by atoms with van der Waals surface area (Å²) in [5.74, 6) is -0.156. The standard InChI is InChI=1S/C11H8BrFN2O2/c1-17-9-3-2-8(12)10(13)11(9)15-5-7(6-16)4-14-15/h2-6H,1H3. The molecular formula is C11H8BrFN2O2. The highest BCUT2D eigenvalue weighted by Crippen LogP contribution is 2.30. The third-order valence-corrected chi connectivity index (χ3v) is 2.83. The molecule has 0 radical (unpaired) electrons. The van der Waals surface area contributed by atoms with Gasteiger partial charge in [0.05, 0.1) is 23.3 Å². The van der Waals surface area contributed by atoms with Crippen molar-refractivity contribution in [3.05, 3.63) is 40.4 Å². The third-order valence-electron chi connectivity index (χ3n) is 2.22. The number of halogens is 2. The van der Waals surface area contributed by atoms with Crippen LogP contribution in [-0.4, -0.2) is 23.2 Å². The number of aldehydes is 1. The molecule has 2 aromatic rings. The Morgan fingerprint density at radius 3 is 2.88 bits per heavy atom. The molecule has 2 rings (SSSR count). The molecule has 1 aromatic heterocycles. The number of carbonyl (C=O) groups is 1. The summed E-state index contributed by atoms with van der Waals surface area (Å²) in [6.45, 7) is 0. The lowest BCUT2D eigenvalue weighted by molar-refractivity contribution is 0.112. The van der Waals surface area contributed by atoms with Crippen LogP contribution in [0.3, 0.4) is 0 Å². The Kier molecular flexibility index (Phi) is 3.23. The van der Waals surface area contributed by atoms with Crippen molar-refractivity contribution >= 4 is 22.2 Å². The van der Waals surface area contributed by atoms with Gasteiger partial charge in [0.15, 0.2) is 12.1 Å². The molecule has 0 atom stereocenters. The van der Waals surface area contributed by atoms with Gasteiger partial charge in [-0.25, -0.2) is 9.07 Å². The first-order valence-corrected chi connectivity index (χ1v) is 5.49. The van der Waals surface area contributed by atoms with Crippen molar-refractivity contribution in [2.45, 2.75) is 0 Å². The second-order valence-electron chi connectivity index (χ2n) is 3.25. The monoisotopic (exact) mass is 298 g/mol. The first kappa shape index (κ1) is 11.8. The van der Waals surface area contributed by atoms with Crippen molar-refractivity contribution in [2.24, 2.45) is 0 Å². The van der Waals surface area contributed by atoms with E-state index in [9.17, 15) is 9.18 Å². The molecule has 0 aliphatic carbocycles. The van der Waals surface area contributed by atoms with Gasteiger partial charge in [-0.1, -0.05) is 0 Å². The van der Waals surface area contributed by atoms with Crippen LogP contribution in [0.5, 0.6) is 5.75 Å². The van der Waals surface area contributed by atoms with E-state index in [1.807, 2.05) is 0 Å². The van der Waals surface area contributed by atoms with Crippen molar-refractivity contribution in [1.29, 1.82) is 0 Å². The van der Waals surface area contributed by atoms with Gasteiger partial charge in [0.1, 0.15) is 11.4 Å². The molecule has 0 saturated heterocycles. The van der Waals surface area contributed by atoms with Gasteiger partial charge >= 0.3 is 0 Å². The quantitative estimate of drug-likeness (QED) is 0.818. The molecule has 0 spiro atoms. The van der Waals surface area contributed by atoms with Crippen LogP contribution in [0, 0.1) is 5.82 Å².